The maximum absolute atomic E-state index is 11.8. The number of alkyl halides is 3. The molecule has 3 N–H and O–H groups in total. The van der Waals surface area contributed by atoms with Crippen LogP contribution in [0.25, 0.3) is 0 Å². The predicted molar refractivity (Wildman–Crippen MR) is 52.3 cm³/mol. The molecule has 0 saturated heterocycles. The number of hydrazine groups is 1. The molecule has 0 fully saturated rings. The highest BCUT2D eigenvalue weighted by Crippen LogP contribution is 2.21. The van der Waals surface area contributed by atoms with Crippen LogP contribution in [0.15, 0.2) is 0 Å². The second-order valence-electron chi connectivity index (χ2n) is 3.38. The fraction of sp³-hybridized carbons (Fsp3) is 0.889. The molecule has 0 radical (unpaired) electrons. The number of nitrogens with two attached hydrogens (primary N) is 1. The van der Waals surface area contributed by atoms with E-state index in [0.29, 0.717) is 12.8 Å². The van der Waals surface area contributed by atoms with E-state index in [9.17, 15) is 18.0 Å². The average molecular weight is 242 g/mol. The second-order valence-corrected chi connectivity index (χ2v) is 3.38. The molecule has 0 spiro atoms. The van der Waals surface area contributed by atoms with Gasteiger partial charge in [-0.2, -0.15) is 13.2 Å². The lowest BCUT2D eigenvalue weighted by Gasteiger charge is -2.15. The lowest BCUT2D eigenvalue weighted by Crippen LogP contribution is -2.40. The summed E-state index contributed by atoms with van der Waals surface area (Å²) in [5.74, 6) is 4.41. The SMILES string of the molecule is CCCC(OCCCC(F)(F)F)C(=O)NN. The Hall–Kier alpha value is -0.820. The van der Waals surface area contributed by atoms with E-state index in [1.54, 1.807) is 0 Å². The quantitative estimate of drug-likeness (QED) is 0.308. The molecule has 0 aromatic rings. The smallest absolute Gasteiger partial charge is 0.368 e. The molecule has 0 aliphatic heterocycles. The Kier molecular flexibility index (Phi) is 7.07. The summed E-state index contributed by atoms with van der Waals surface area (Å²) in [6.45, 7) is 1.74. The highest BCUT2D eigenvalue weighted by molar-refractivity contribution is 5.80. The normalized spacial score (nSPS) is 13.6. The van der Waals surface area contributed by atoms with Gasteiger partial charge in [-0.1, -0.05) is 13.3 Å². The summed E-state index contributed by atoms with van der Waals surface area (Å²) < 4.78 is 40.4. The van der Waals surface area contributed by atoms with Crippen LogP contribution in [0, 0.1) is 0 Å². The van der Waals surface area contributed by atoms with E-state index in [1.807, 2.05) is 12.3 Å². The van der Waals surface area contributed by atoms with Crippen molar-refractivity contribution < 1.29 is 22.7 Å². The zero-order valence-electron chi connectivity index (χ0n) is 9.14. The number of hydrogen-bond acceptors (Lipinski definition) is 3. The monoisotopic (exact) mass is 242 g/mol. The van der Waals surface area contributed by atoms with Crippen molar-refractivity contribution in [1.82, 2.24) is 5.43 Å². The number of amides is 1. The molecule has 0 aromatic carbocycles. The third-order valence-electron chi connectivity index (χ3n) is 1.91. The minimum Gasteiger partial charge on any atom is -0.368 e. The number of carbonyl (C=O) groups excluding carboxylic acids is 1. The van der Waals surface area contributed by atoms with Gasteiger partial charge < -0.3 is 4.74 Å². The summed E-state index contributed by atoms with van der Waals surface area (Å²) >= 11 is 0. The summed E-state index contributed by atoms with van der Waals surface area (Å²) in [6.07, 6.45) is -4.87. The van der Waals surface area contributed by atoms with Gasteiger partial charge in [0.25, 0.3) is 5.91 Å². The Morgan fingerprint density at radius 2 is 2.12 bits per heavy atom. The Balaban J connectivity index is 3.81. The number of ether oxygens (including phenoxy) is 1. The number of rotatable bonds is 7. The Morgan fingerprint density at radius 3 is 2.56 bits per heavy atom. The zero-order chi connectivity index (χ0) is 12.6. The maximum Gasteiger partial charge on any atom is 0.389 e. The second kappa shape index (κ2) is 7.45. The third-order valence-corrected chi connectivity index (χ3v) is 1.91. The number of nitrogens with one attached hydrogen (secondary N) is 1. The molecule has 0 heterocycles. The number of hydrogen-bond donors (Lipinski definition) is 2. The molecule has 0 aliphatic rings. The van der Waals surface area contributed by atoms with Crippen LogP contribution in [-0.4, -0.2) is 24.8 Å². The van der Waals surface area contributed by atoms with E-state index in [0.717, 1.165) is 0 Å². The molecular formula is C9H17F3N2O2. The number of carbonyl (C=O) groups is 1. The first kappa shape index (κ1) is 15.2. The molecule has 16 heavy (non-hydrogen) atoms. The zero-order valence-corrected chi connectivity index (χ0v) is 9.14. The van der Waals surface area contributed by atoms with Crippen molar-refractivity contribution in [3.05, 3.63) is 0 Å². The fourth-order valence-electron chi connectivity index (χ4n) is 1.14. The van der Waals surface area contributed by atoms with Gasteiger partial charge in [0.1, 0.15) is 6.10 Å². The molecule has 0 rings (SSSR count). The fourth-order valence-corrected chi connectivity index (χ4v) is 1.14. The Bertz CT molecular complexity index is 209. The van der Waals surface area contributed by atoms with Gasteiger partial charge in [-0.25, -0.2) is 5.84 Å². The van der Waals surface area contributed by atoms with E-state index >= 15 is 0 Å². The predicted octanol–water partition coefficient (Wildman–Crippen LogP) is 1.50. The number of halogens is 3. The molecule has 0 aliphatic carbocycles. The van der Waals surface area contributed by atoms with Crippen molar-refractivity contribution >= 4 is 5.91 Å². The highest BCUT2D eigenvalue weighted by Gasteiger charge is 2.26. The summed E-state index contributed by atoms with van der Waals surface area (Å²) in [4.78, 5) is 11.1. The molecule has 96 valence electrons. The first-order chi connectivity index (χ1) is 7.40. The minimum absolute atomic E-state index is 0.0996. The van der Waals surface area contributed by atoms with Gasteiger partial charge in [-0.15, -0.1) is 0 Å². The van der Waals surface area contributed by atoms with Crippen LogP contribution in [0.5, 0.6) is 0 Å². The van der Waals surface area contributed by atoms with Crippen molar-refractivity contribution in [2.75, 3.05) is 6.61 Å². The summed E-state index contributed by atoms with van der Waals surface area (Å²) in [5, 5.41) is 0. The Labute approximate surface area is 92.3 Å². The molecule has 1 atom stereocenters. The summed E-state index contributed by atoms with van der Waals surface area (Å²) in [7, 11) is 0. The van der Waals surface area contributed by atoms with E-state index in [4.69, 9.17) is 10.6 Å². The van der Waals surface area contributed by atoms with E-state index in [2.05, 4.69) is 0 Å². The minimum atomic E-state index is -4.18. The van der Waals surface area contributed by atoms with Gasteiger partial charge in [0.15, 0.2) is 0 Å². The maximum atomic E-state index is 11.8. The van der Waals surface area contributed by atoms with Gasteiger partial charge in [-0.05, 0) is 12.8 Å². The van der Waals surface area contributed by atoms with Crippen molar-refractivity contribution in [3.63, 3.8) is 0 Å². The molecule has 0 bridgehead atoms. The topological polar surface area (TPSA) is 64.3 Å². The molecule has 1 amide bonds. The highest BCUT2D eigenvalue weighted by atomic mass is 19.4. The molecule has 7 heteroatoms. The lowest BCUT2D eigenvalue weighted by molar-refractivity contribution is -0.142. The largest absolute Gasteiger partial charge is 0.389 e. The van der Waals surface area contributed by atoms with Crippen molar-refractivity contribution in [3.8, 4) is 0 Å². The summed E-state index contributed by atoms with van der Waals surface area (Å²) in [5.41, 5.74) is 1.92. The molecule has 1 unspecified atom stereocenters. The first-order valence-corrected chi connectivity index (χ1v) is 5.09. The molecular weight excluding hydrogens is 225 g/mol. The Morgan fingerprint density at radius 1 is 1.50 bits per heavy atom. The summed E-state index contributed by atoms with van der Waals surface area (Å²) in [6, 6.07) is 0. The van der Waals surface area contributed by atoms with Gasteiger partial charge in [0.05, 0.1) is 0 Å². The van der Waals surface area contributed by atoms with Gasteiger partial charge >= 0.3 is 6.18 Å². The van der Waals surface area contributed by atoms with E-state index in [1.165, 1.54) is 0 Å². The van der Waals surface area contributed by atoms with Crippen LogP contribution >= 0.6 is 0 Å². The van der Waals surface area contributed by atoms with Crippen molar-refractivity contribution in [2.45, 2.75) is 44.9 Å². The van der Waals surface area contributed by atoms with Gasteiger partial charge in [0, 0.05) is 13.0 Å². The van der Waals surface area contributed by atoms with E-state index < -0.39 is 24.6 Å². The van der Waals surface area contributed by atoms with Crippen LogP contribution in [-0.2, 0) is 9.53 Å². The van der Waals surface area contributed by atoms with Crippen LogP contribution in [0.3, 0.4) is 0 Å². The van der Waals surface area contributed by atoms with Crippen LogP contribution in [0.2, 0.25) is 0 Å². The molecule has 0 saturated carbocycles. The van der Waals surface area contributed by atoms with E-state index in [-0.39, 0.29) is 13.0 Å². The third kappa shape index (κ3) is 7.47. The first-order valence-electron chi connectivity index (χ1n) is 5.09. The van der Waals surface area contributed by atoms with Crippen molar-refractivity contribution in [2.24, 2.45) is 5.84 Å². The van der Waals surface area contributed by atoms with Crippen LogP contribution in [0.1, 0.15) is 32.6 Å². The lowest BCUT2D eigenvalue weighted by atomic mass is 10.2. The standard InChI is InChI=1S/C9H17F3N2O2/c1-2-4-7(8(15)14-13)16-6-3-5-9(10,11)12/h7H,2-6,13H2,1H3,(H,14,15). The molecule has 4 nitrogen and oxygen atoms in total. The van der Waals surface area contributed by atoms with Gasteiger partial charge in [-0.3, -0.25) is 10.2 Å². The van der Waals surface area contributed by atoms with Crippen LogP contribution < -0.4 is 11.3 Å². The van der Waals surface area contributed by atoms with Gasteiger partial charge in [0.2, 0.25) is 0 Å². The van der Waals surface area contributed by atoms with Crippen molar-refractivity contribution in [1.29, 1.82) is 0 Å². The average Bonchev–Trinajstić information content (AvgIpc) is 2.20. The van der Waals surface area contributed by atoms with Crippen LogP contribution in [0.4, 0.5) is 13.2 Å². The molecule has 0 aromatic heterocycles.